The first-order valence-electron chi connectivity index (χ1n) is 26.2. The van der Waals surface area contributed by atoms with Crippen molar-refractivity contribution in [3.8, 4) is 39.6 Å². The van der Waals surface area contributed by atoms with Crippen LogP contribution in [0.5, 0.6) is 5.75 Å². The van der Waals surface area contributed by atoms with Crippen LogP contribution in [-0.2, 0) is 73.8 Å². The molecule has 0 bridgehead atoms. The number of nitrogens with one attached hydrogen (secondary N) is 2. The van der Waals surface area contributed by atoms with E-state index in [9.17, 15) is 29.2 Å². The van der Waals surface area contributed by atoms with Crippen molar-refractivity contribution < 1.29 is 66.3 Å². The molecule has 0 aliphatic carbocycles. The zero-order valence-corrected chi connectivity index (χ0v) is 46.3. The van der Waals surface area contributed by atoms with Gasteiger partial charge in [-0.1, -0.05) is 78.7 Å². The number of aromatic nitrogens is 3. The summed E-state index contributed by atoms with van der Waals surface area (Å²) in [6.45, 7) is 2.17. The van der Waals surface area contributed by atoms with Crippen molar-refractivity contribution in [3.05, 3.63) is 118 Å². The van der Waals surface area contributed by atoms with E-state index in [1.165, 1.54) is 20.3 Å². The number of ether oxygens (including phenoxy) is 6. The first-order valence-corrected chi connectivity index (χ1v) is 28.8. The normalized spacial score (nSPS) is 12.7. The van der Waals surface area contributed by atoms with Gasteiger partial charge in [-0.25, -0.2) is 4.68 Å². The van der Waals surface area contributed by atoms with Gasteiger partial charge >= 0.3 is 6.72 Å². The molecule has 0 saturated carbocycles. The van der Waals surface area contributed by atoms with Crippen molar-refractivity contribution in [1.29, 1.82) is 0 Å². The average Bonchev–Trinajstić information content (AvgIpc) is 4.12. The molecule has 1 unspecified atom stereocenters. The lowest BCUT2D eigenvalue weighted by molar-refractivity contribution is -0.125. The molecule has 21 nitrogen and oxygen atoms in total. The minimum Gasteiger partial charge on any atom is -0.492 e. The van der Waals surface area contributed by atoms with Crippen LogP contribution in [0.15, 0.2) is 100 Å². The second-order valence-corrected chi connectivity index (χ2v) is 21.0. The van der Waals surface area contributed by atoms with Crippen LogP contribution in [0.1, 0.15) is 60.0 Å². The number of aliphatic hydroxyl groups excluding tert-OH is 1. The van der Waals surface area contributed by atoms with Gasteiger partial charge in [0, 0.05) is 66.9 Å². The summed E-state index contributed by atoms with van der Waals surface area (Å²) in [6, 6.07) is 26.8. The van der Waals surface area contributed by atoms with Crippen LogP contribution in [0.3, 0.4) is 0 Å². The third-order valence-corrected chi connectivity index (χ3v) is 14.5. The summed E-state index contributed by atoms with van der Waals surface area (Å²) in [6.07, 6.45) is 3.30. The van der Waals surface area contributed by atoms with Gasteiger partial charge in [-0.15, -0.1) is 5.10 Å². The molecule has 0 radical (unpaired) electrons. The Morgan fingerprint density at radius 3 is 2.09 bits per heavy atom. The molecule has 4 N–H and O–H groups in total. The number of rotatable bonds is 34. The van der Waals surface area contributed by atoms with Crippen molar-refractivity contribution in [2.24, 2.45) is 0 Å². The second kappa shape index (κ2) is 31.5. The highest BCUT2D eigenvalue weighted by molar-refractivity contribution is 8.07. The van der Waals surface area contributed by atoms with Crippen LogP contribution in [0, 0.1) is 0 Å². The molecule has 0 saturated heterocycles. The highest BCUT2D eigenvalue weighted by Crippen LogP contribution is 2.43. The molecule has 1 aliphatic heterocycles. The number of benzene rings is 4. The van der Waals surface area contributed by atoms with E-state index in [4.69, 9.17) is 53.7 Å². The van der Waals surface area contributed by atoms with Gasteiger partial charge in [-0.2, -0.15) is 0 Å². The van der Waals surface area contributed by atoms with Gasteiger partial charge in [0.2, 0.25) is 11.8 Å². The Hall–Kier alpha value is -6.27. The summed E-state index contributed by atoms with van der Waals surface area (Å²) in [5, 5.41) is 24.9. The molecule has 1 atom stereocenters. The van der Waals surface area contributed by atoms with Crippen LogP contribution in [0.25, 0.3) is 44.8 Å². The Morgan fingerprint density at radius 1 is 0.734 bits per heavy atom. The van der Waals surface area contributed by atoms with E-state index in [0.29, 0.717) is 144 Å². The van der Waals surface area contributed by atoms with Gasteiger partial charge in [0.1, 0.15) is 11.5 Å². The molecule has 0 spiro atoms. The highest BCUT2D eigenvalue weighted by atomic mass is 32.5. The molecule has 424 valence electrons. The summed E-state index contributed by atoms with van der Waals surface area (Å²) in [5.74, 6) is -0.0361. The Bertz CT molecular complexity index is 3050. The quantitative estimate of drug-likeness (QED) is 0.0246. The Kier molecular flexibility index (Phi) is 24.1. The van der Waals surface area contributed by atoms with Crippen molar-refractivity contribution >= 4 is 52.9 Å². The van der Waals surface area contributed by atoms with Gasteiger partial charge in [0.05, 0.1) is 116 Å². The SMILES string of the molecule is COc1c(CO)ccc2c(=O)cc(-c3ccc(C(=O)NCCOCCOCCOCCOCCOCCn4nnc5c4-c4ccccc4CN(C(=O)CCC(=O)NCCCCCCOP(O)(=S)OC)c4ccccc4-5)cc3)oc12. The summed E-state index contributed by atoms with van der Waals surface area (Å²) < 4.78 is 51.7. The number of hydrogen-bond acceptors (Lipinski definition) is 17. The molecule has 3 amide bonds. The number of methoxy groups -OCH3 is 1. The van der Waals surface area contributed by atoms with E-state index in [1.807, 2.05) is 53.2 Å². The smallest absolute Gasteiger partial charge is 0.324 e. The molecule has 4 aromatic carbocycles. The minimum atomic E-state index is -3.14. The van der Waals surface area contributed by atoms with Crippen molar-refractivity contribution in [1.82, 2.24) is 25.6 Å². The number of nitrogens with zero attached hydrogens (tertiary/aromatic N) is 4. The number of carbonyl (C=O) groups is 3. The van der Waals surface area contributed by atoms with E-state index < -0.39 is 6.72 Å². The number of hydrogen-bond donors (Lipinski definition) is 4. The number of amides is 3. The molecule has 7 rings (SSSR count). The fourth-order valence-electron chi connectivity index (χ4n) is 8.66. The molecule has 6 aromatic rings. The molecule has 3 heterocycles. The molecular weight excluding hydrogens is 1060 g/mol. The number of fused-ring (bicyclic) bond motifs is 6. The number of unbranched alkanes of at least 4 members (excludes halogenated alkanes) is 3. The minimum absolute atomic E-state index is 0.0357. The van der Waals surface area contributed by atoms with Gasteiger partial charge < -0.3 is 67.4 Å². The van der Waals surface area contributed by atoms with Crippen molar-refractivity contribution in [2.45, 2.75) is 58.2 Å². The maximum Gasteiger partial charge on any atom is 0.324 e. The molecule has 0 fully saturated rings. The monoisotopic (exact) mass is 1130 g/mol. The Balaban J connectivity index is 0.729. The zero-order chi connectivity index (χ0) is 55.8. The maximum absolute atomic E-state index is 13.9. The van der Waals surface area contributed by atoms with E-state index in [0.717, 1.165) is 48.1 Å². The van der Waals surface area contributed by atoms with E-state index in [1.54, 1.807) is 41.3 Å². The third kappa shape index (κ3) is 17.6. The van der Waals surface area contributed by atoms with Crippen LogP contribution < -0.4 is 25.7 Å². The number of anilines is 1. The topological polar surface area (TPSA) is 254 Å². The molecular formula is C56H69N6O15PS. The largest absolute Gasteiger partial charge is 0.492 e. The third-order valence-electron chi connectivity index (χ3n) is 12.7. The zero-order valence-electron chi connectivity index (χ0n) is 44.6. The summed E-state index contributed by atoms with van der Waals surface area (Å²) >= 11 is 4.83. The molecule has 79 heavy (non-hydrogen) atoms. The standard InChI is InChI=1S/C56H69N6O15PS/c1-69-54-43(39-63)19-20-46-48(64)37-49(77-55(46)54)40-15-17-41(18-16-40)56(67)58-24-27-71-29-31-73-33-35-75-36-34-74-32-30-72-28-25-62-53-44-12-6-5-11-42(44)38-61(47-14-8-7-13-45(47)52(53)59-60-62)51(66)22-21-50(65)57-23-9-3-4-10-26-76-78(68,79)70-2/h5-8,11-20,37,63H,3-4,9-10,21-36,38-39H2,1-2H3,(H,57,65)(H,58,67)(H,68,79). The molecule has 2 aromatic heterocycles. The van der Waals surface area contributed by atoms with Gasteiger partial charge in [0.15, 0.2) is 16.8 Å². The lowest BCUT2D eigenvalue weighted by atomic mass is 9.95. The first-order chi connectivity index (χ1) is 38.5. The fraction of sp³-hybridized carbons (Fsp3) is 0.429. The second-order valence-electron chi connectivity index (χ2n) is 18.1. The number of carbonyl (C=O) groups excluding carboxylic acids is 3. The summed E-state index contributed by atoms with van der Waals surface area (Å²) in [4.78, 5) is 63.6. The van der Waals surface area contributed by atoms with E-state index in [-0.39, 0.29) is 48.2 Å². The van der Waals surface area contributed by atoms with Crippen LogP contribution >= 0.6 is 6.72 Å². The van der Waals surface area contributed by atoms with E-state index in [2.05, 4.69) is 20.9 Å². The maximum atomic E-state index is 13.9. The van der Waals surface area contributed by atoms with Gasteiger partial charge in [0.25, 0.3) is 5.91 Å². The number of aliphatic hydroxyl groups is 1. The Morgan fingerprint density at radius 2 is 1.39 bits per heavy atom. The summed E-state index contributed by atoms with van der Waals surface area (Å²) in [5.41, 5.74) is 6.27. The first kappa shape index (κ1) is 60.4. The van der Waals surface area contributed by atoms with Gasteiger partial charge in [-0.05, 0) is 54.5 Å². The van der Waals surface area contributed by atoms with Crippen molar-refractivity contribution in [2.75, 3.05) is 105 Å². The summed E-state index contributed by atoms with van der Waals surface area (Å²) in [7, 11) is 2.77. The number of para-hydroxylation sites is 1. The fourth-order valence-corrected chi connectivity index (χ4v) is 9.35. The lowest BCUT2D eigenvalue weighted by Crippen LogP contribution is -2.33. The molecule has 23 heteroatoms. The molecule has 1 aliphatic rings. The van der Waals surface area contributed by atoms with Gasteiger partial charge in [-0.3, -0.25) is 19.2 Å². The predicted molar refractivity (Wildman–Crippen MR) is 299 cm³/mol. The van der Waals surface area contributed by atoms with E-state index >= 15 is 0 Å². The van der Waals surface area contributed by atoms with Crippen LogP contribution in [-0.4, -0.2) is 143 Å². The lowest BCUT2D eigenvalue weighted by Gasteiger charge is -2.28. The highest BCUT2D eigenvalue weighted by Gasteiger charge is 2.29. The average molecular weight is 1130 g/mol. The van der Waals surface area contributed by atoms with Crippen LogP contribution in [0.4, 0.5) is 5.69 Å². The predicted octanol–water partition coefficient (Wildman–Crippen LogP) is 6.58. The Labute approximate surface area is 463 Å². The van der Waals surface area contributed by atoms with Crippen LogP contribution in [0.2, 0.25) is 0 Å². The van der Waals surface area contributed by atoms with Crippen molar-refractivity contribution in [3.63, 3.8) is 0 Å².